The van der Waals surface area contributed by atoms with Crippen LogP contribution in [0.15, 0.2) is 158 Å². The molecule has 0 saturated heterocycles. The lowest BCUT2D eigenvalue weighted by Crippen LogP contribution is -2.44. The largest absolute Gasteiger partial charge is 0.545 e. The van der Waals surface area contributed by atoms with Crippen LogP contribution in [-0.2, 0) is 33.3 Å². The van der Waals surface area contributed by atoms with Crippen molar-refractivity contribution in [2.24, 2.45) is 0 Å². The van der Waals surface area contributed by atoms with E-state index >= 15 is 0 Å². The van der Waals surface area contributed by atoms with Gasteiger partial charge in [-0.3, -0.25) is 9.59 Å². The third kappa shape index (κ3) is 76.1. The molecule has 0 aliphatic rings. The van der Waals surface area contributed by atoms with E-state index in [0.717, 1.165) is 116 Å². The zero-order chi connectivity index (χ0) is 69.0. The molecule has 0 rings (SSSR count). The molecule has 0 aliphatic heterocycles. The molecule has 540 valence electrons. The van der Waals surface area contributed by atoms with Crippen molar-refractivity contribution in [2.45, 2.75) is 322 Å². The van der Waals surface area contributed by atoms with E-state index in [2.05, 4.69) is 172 Å². The number of aliphatic carboxylic acids is 1. The number of allylic oxidation sites excluding steroid dienone is 26. The van der Waals surface area contributed by atoms with Crippen molar-refractivity contribution in [2.75, 3.05) is 47.5 Å². The van der Waals surface area contributed by atoms with Crippen molar-refractivity contribution >= 4 is 17.9 Å². The van der Waals surface area contributed by atoms with E-state index in [4.69, 9.17) is 18.9 Å². The highest BCUT2D eigenvalue weighted by Gasteiger charge is 2.22. The molecular formula is C86H143NO8. The molecular weight excluding hydrogens is 1170 g/mol. The van der Waals surface area contributed by atoms with E-state index in [1.54, 1.807) is 0 Å². The van der Waals surface area contributed by atoms with Crippen LogP contribution in [0.2, 0.25) is 0 Å². The molecule has 0 aromatic heterocycles. The smallest absolute Gasteiger partial charge is 0.306 e. The molecule has 0 spiro atoms. The molecule has 95 heavy (non-hydrogen) atoms. The number of carbonyl (C=O) groups excluding carboxylic acids is 3. The van der Waals surface area contributed by atoms with Crippen molar-refractivity contribution < 1.29 is 42.9 Å². The molecule has 0 saturated carbocycles. The van der Waals surface area contributed by atoms with Crippen LogP contribution in [0, 0.1) is 0 Å². The van der Waals surface area contributed by atoms with Crippen LogP contribution >= 0.6 is 0 Å². The van der Waals surface area contributed by atoms with Crippen LogP contribution in [-0.4, -0.2) is 82.3 Å². The molecule has 2 atom stereocenters. The SMILES string of the molecule is CC/C=C\C/C=C\C/C=C\C/C=C\C/C=C\C/C=C\C/C=C\C/C=C\C/C=C\C/C=C\C/C=C\CCCCCC(=O)OC(COC(=O)CCCCCCCCCCCCCCCCCCCCCCC/C=C\C/C=C\CCCCCCC)COC(OCC[N+](C)(C)C)C(=O)[O-]. The van der Waals surface area contributed by atoms with Gasteiger partial charge in [-0.15, -0.1) is 0 Å². The molecule has 0 aromatic rings. The number of hydrogen-bond acceptors (Lipinski definition) is 8. The van der Waals surface area contributed by atoms with Gasteiger partial charge in [0.25, 0.3) is 0 Å². The predicted octanol–water partition coefficient (Wildman–Crippen LogP) is 23.5. The number of esters is 2. The van der Waals surface area contributed by atoms with Gasteiger partial charge in [0.15, 0.2) is 12.4 Å². The summed E-state index contributed by atoms with van der Waals surface area (Å²) in [6.45, 7) is 4.60. The number of ether oxygens (including phenoxy) is 4. The van der Waals surface area contributed by atoms with Gasteiger partial charge < -0.3 is 33.3 Å². The Morgan fingerprint density at radius 3 is 0.905 bits per heavy atom. The van der Waals surface area contributed by atoms with Crippen molar-refractivity contribution in [3.05, 3.63) is 158 Å². The van der Waals surface area contributed by atoms with Crippen LogP contribution in [0.1, 0.15) is 309 Å². The second-order valence-electron chi connectivity index (χ2n) is 26.6. The molecule has 0 fully saturated rings. The van der Waals surface area contributed by atoms with Crippen LogP contribution in [0.5, 0.6) is 0 Å². The first-order valence-corrected chi connectivity index (χ1v) is 38.6. The maximum atomic E-state index is 12.9. The van der Waals surface area contributed by atoms with Crippen molar-refractivity contribution in [3.63, 3.8) is 0 Å². The number of hydrogen-bond donors (Lipinski definition) is 0. The minimum Gasteiger partial charge on any atom is -0.545 e. The lowest BCUT2D eigenvalue weighted by molar-refractivity contribution is -0.870. The standard InChI is InChI=1S/C86H143NO8/c1-6-8-10-12-14-16-18-20-22-24-26-28-30-32-34-36-38-40-41-42-43-45-47-49-51-53-55-57-59-61-63-65-67-69-71-73-75-77-84(89)95-82(81-94-86(85(90)91)92-79-78-87(3,4)5)80-93-83(88)76-74-72-70-68-66-64-62-60-58-56-54-52-50-48-46-44-39-37-35-33-31-29-27-25-23-21-19-17-15-13-11-9-7-2/h8,10,14,16,19-22,25-28,32,34,38,40,42-43,47,49,53,55,59,61,65,67,82,86H,6-7,9,11-13,15,17-18,23-24,29-31,33,35-37,39,41,44-46,48,50-52,54,56-58,60,62-64,66,68-81H2,1-5H3/b10-8-,16-14-,21-19-,22-20-,27-25-,28-26-,34-32-,40-38-,43-42-,49-47-,55-53-,61-59-,67-65-. The second-order valence-corrected chi connectivity index (χ2v) is 26.6. The van der Waals surface area contributed by atoms with Crippen molar-refractivity contribution in [3.8, 4) is 0 Å². The van der Waals surface area contributed by atoms with Crippen molar-refractivity contribution in [1.82, 2.24) is 0 Å². The number of quaternary nitrogens is 1. The minimum atomic E-state index is -1.64. The summed E-state index contributed by atoms with van der Waals surface area (Å²) in [5.41, 5.74) is 0. The predicted molar refractivity (Wildman–Crippen MR) is 407 cm³/mol. The van der Waals surface area contributed by atoms with Crippen LogP contribution < -0.4 is 5.11 Å². The summed E-state index contributed by atoms with van der Waals surface area (Å²) in [5.74, 6) is -2.33. The number of rotatable bonds is 70. The molecule has 0 N–H and O–H groups in total. The van der Waals surface area contributed by atoms with E-state index in [0.29, 0.717) is 17.4 Å². The Hall–Kier alpha value is -5.09. The zero-order valence-electron chi connectivity index (χ0n) is 61.7. The number of unbranched alkanes of at least 4 members (excludes halogenated alkanes) is 29. The van der Waals surface area contributed by atoms with Crippen LogP contribution in [0.25, 0.3) is 0 Å². The summed E-state index contributed by atoms with van der Waals surface area (Å²) in [6, 6.07) is 0. The quantitative estimate of drug-likeness (QED) is 0.0195. The molecule has 0 radical (unpaired) electrons. The van der Waals surface area contributed by atoms with E-state index < -0.39 is 24.3 Å². The summed E-state index contributed by atoms with van der Waals surface area (Å²) in [6.07, 6.45) is 108. The van der Waals surface area contributed by atoms with Crippen LogP contribution in [0.3, 0.4) is 0 Å². The zero-order valence-corrected chi connectivity index (χ0v) is 61.7. The van der Waals surface area contributed by atoms with Crippen molar-refractivity contribution in [1.29, 1.82) is 0 Å². The van der Waals surface area contributed by atoms with Gasteiger partial charge in [0, 0.05) is 12.8 Å². The minimum absolute atomic E-state index is 0.134. The normalized spacial score (nSPS) is 13.6. The Balaban J connectivity index is 4.17. The highest BCUT2D eigenvalue weighted by Crippen LogP contribution is 2.17. The molecule has 0 bridgehead atoms. The number of nitrogens with zero attached hydrogens (tertiary/aromatic N) is 1. The first kappa shape index (κ1) is 89.9. The van der Waals surface area contributed by atoms with Gasteiger partial charge in [0.2, 0.25) is 0 Å². The highest BCUT2D eigenvalue weighted by molar-refractivity contribution is 5.70. The third-order valence-corrected chi connectivity index (χ3v) is 16.3. The lowest BCUT2D eigenvalue weighted by atomic mass is 10.0. The fourth-order valence-corrected chi connectivity index (χ4v) is 10.4. The van der Waals surface area contributed by atoms with Gasteiger partial charge in [0.1, 0.15) is 13.2 Å². The third-order valence-electron chi connectivity index (χ3n) is 16.3. The topological polar surface area (TPSA) is 111 Å². The first-order chi connectivity index (χ1) is 46.6. The average molecular weight is 1320 g/mol. The molecule has 0 heterocycles. The molecule has 2 unspecified atom stereocenters. The monoisotopic (exact) mass is 1320 g/mol. The Kier molecular flexibility index (Phi) is 70.7. The number of carbonyl (C=O) groups is 3. The van der Waals surface area contributed by atoms with Crippen LogP contribution in [0.4, 0.5) is 0 Å². The number of carboxylic acids is 1. The van der Waals surface area contributed by atoms with Gasteiger partial charge in [0.05, 0.1) is 40.3 Å². The summed E-state index contributed by atoms with van der Waals surface area (Å²) in [5, 5.41) is 11.8. The molecule has 9 nitrogen and oxygen atoms in total. The molecule has 0 aliphatic carbocycles. The Morgan fingerprint density at radius 2 is 0.600 bits per heavy atom. The fourth-order valence-electron chi connectivity index (χ4n) is 10.4. The van der Waals surface area contributed by atoms with Gasteiger partial charge in [-0.2, -0.15) is 0 Å². The summed E-state index contributed by atoms with van der Waals surface area (Å²) >= 11 is 0. The van der Waals surface area contributed by atoms with E-state index in [1.807, 2.05) is 21.1 Å². The summed E-state index contributed by atoms with van der Waals surface area (Å²) in [4.78, 5) is 37.6. The van der Waals surface area contributed by atoms with Gasteiger partial charge in [-0.1, -0.05) is 326 Å². The Labute approximate surface area is 584 Å². The van der Waals surface area contributed by atoms with Gasteiger partial charge in [-0.25, -0.2) is 0 Å². The first-order valence-electron chi connectivity index (χ1n) is 38.6. The number of likely N-dealkylation sites (N-methyl/N-ethyl adjacent to an activating group) is 1. The second kappa shape index (κ2) is 74.7. The van der Waals surface area contributed by atoms with E-state index in [-0.39, 0.29) is 38.6 Å². The Bertz CT molecular complexity index is 2130. The molecule has 9 heteroatoms. The van der Waals surface area contributed by atoms with Gasteiger partial charge >= 0.3 is 11.9 Å². The molecule has 0 aromatic carbocycles. The Morgan fingerprint density at radius 1 is 0.326 bits per heavy atom. The highest BCUT2D eigenvalue weighted by atomic mass is 16.7. The fraction of sp³-hybridized carbons (Fsp3) is 0.663. The average Bonchev–Trinajstić information content (AvgIpc) is 3.75. The van der Waals surface area contributed by atoms with E-state index in [1.165, 1.54) is 161 Å². The number of carboxylic acid groups (broad SMARTS) is 1. The maximum Gasteiger partial charge on any atom is 0.306 e. The van der Waals surface area contributed by atoms with Gasteiger partial charge in [-0.05, 0) is 128 Å². The molecule has 0 amide bonds. The maximum absolute atomic E-state index is 12.9. The summed E-state index contributed by atoms with van der Waals surface area (Å²) in [7, 11) is 5.92. The van der Waals surface area contributed by atoms with E-state index in [9.17, 15) is 19.5 Å². The lowest BCUT2D eigenvalue weighted by Gasteiger charge is -2.26. The summed E-state index contributed by atoms with van der Waals surface area (Å²) < 4.78 is 22.8.